The number of halogens is 2. The molecule has 0 saturated carbocycles. The normalized spacial score (nSPS) is 18.1. The Bertz CT molecular complexity index is 1200. The summed E-state index contributed by atoms with van der Waals surface area (Å²) in [7, 11) is 1.80. The van der Waals surface area contributed by atoms with Crippen LogP contribution in [-0.2, 0) is 17.3 Å². The van der Waals surface area contributed by atoms with Crippen molar-refractivity contribution < 1.29 is 19.4 Å². The van der Waals surface area contributed by atoms with Gasteiger partial charge in [0.05, 0.1) is 29.3 Å². The van der Waals surface area contributed by atoms with Gasteiger partial charge >= 0.3 is 0 Å². The number of aryl methyl sites for hydroxylation is 1. The second-order valence-electron chi connectivity index (χ2n) is 7.82. The lowest BCUT2D eigenvalue weighted by Crippen LogP contribution is -2.47. The monoisotopic (exact) mass is 474 g/mol. The van der Waals surface area contributed by atoms with E-state index in [0.29, 0.717) is 58.7 Å². The number of rotatable bonds is 6. The summed E-state index contributed by atoms with van der Waals surface area (Å²) < 4.78 is 13.0. The minimum Gasteiger partial charge on any atom is -0.508 e. The number of aromatic nitrogens is 1. The third-order valence-electron chi connectivity index (χ3n) is 5.87. The molecule has 1 unspecified atom stereocenters. The molecule has 32 heavy (non-hydrogen) atoms. The number of fused-ring (bicyclic) bond motifs is 1. The van der Waals surface area contributed by atoms with E-state index < -0.39 is 5.54 Å². The minimum absolute atomic E-state index is 0.00484. The van der Waals surface area contributed by atoms with Crippen molar-refractivity contribution >= 4 is 45.8 Å². The predicted molar refractivity (Wildman–Crippen MR) is 127 cm³/mol. The van der Waals surface area contributed by atoms with Gasteiger partial charge in [-0.3, -0.25) is 4.79 Å². The molecule has 0 aliphatic carbocycles. The topological polar surface area (TPSA) is 72.7 Å². The molecule has 1 saturated heterocycles. The molecule has 3 aromatic rings. The van der Waals surface area contributed by atoms with Crippen molar-refractivity contribution in [3.63, 3.8) is 0 Å². The number of carbonyl (C=O) groups excluding carboxylic acids is 1. The summed E-state index contributed by atoms with van der Waals surface area (Å²) in [5, 5.41) is 14.1. The van der Waals surface area contributed by atoms with E-state index >= 15 is 0 Å². The van der Waals surface area contributed by atoms with Crippen LogP contribution in [0.1, 0.15) is 35.0 Å². The van der Waals surface area contributed by atoms with Gasteiger partial charge in [0.1, 0.15) is 22.2 Å². The zero-order chi connectivity index (χ0) is 23.0. The molecule has 2 aromatic carbocycles. The highest BCUT2D eigenvalue weighted by Gasteiger charge is 2.39. The lowest BCUT2D eigenvalue weighted by molar-refractivity contribution is 0.0868. The summed E-state index contributed by atoms with van der Waals surface area (Å²) in [6.45, 7) is 6.74. The molecule has 1 aromatic heterocycles. The fourth-order valence-corrected chi connectivity index (χ4v) is 4.54. The number of hydrogen-bond acceptors (Lipinski definition) is 4. The zero-order valence-electron chi connectivity index (χ0n) is 17.9. The van der Waals surface area contributed by atoms with E-state index in [0.717, 1.165) is 11.1 Å². The van der Waals surface area contributed by atoms with E-state index in [2.05, 4.69) is 11.9 Å². The lowest BCUT2D eigenvalue weighted by atomic mass is 9.88. The molecule has 0 bridgehead atoms. The molecule has 1 amide bonds. The number of hydrogen-bond donors (Lipinski definition) is 2. The summed E-state index contributed by atoms with van der Waals surface area (Å²) in [6.07, 6.45) is 0.628. The summed E-state index contributed by atoms with van der Waals surface area (Å²) >= 11 is 12.8. The molecular weight excluding hydrogens is 451 g/mol. The maximum atomic E-state index is 13.4. The van der Waals surface area contributed by atoms with Gasteiger partial charge in [-0.15, -0.1) is 0 Å². The summed E-state index contributed by atoms with van der Waals surface area (Å²) in [4.78, 5) is 13.4. The van der Waals surface area contributed by atoms with E-state index in [9.17, 15) is 9.90 Å². The third-order valence-corrected chi connectivity index (χ3v) is 6.74. The number of amides is 1. The van der Waals surface area contributed by atoms with Gasteiger partial charge in [-0.2, -0.15) is 0 Å². The van der Waals surface area contributed by atoms with Gasteiger partial charge in [0.15, 0.2) is 0 Å². The highest BCUT2D eigenvalue weighted by Crippen LogP contribution is 2.40. The van der Waals surface area contributed by atoms with Crippen LogP contribution in [0.4, 0.5) is 0 Å². The van der Waals surface area contributed by atoms with E-state index in [1.807, 2.05) is 19.1 Å². The molecule has 2 heterocycles. The first-order valence-electron chi connectivity index (χ1n) is 10.3. The molecule has 1 aliphatic heterocycles. The Labute approximate surface area is 196 Å². The Morgan fingerprint density at radius 1 is 1.28 bits per heavy atom. The van der Waals surface area contributed by atoms with Crippen LogP contribution in [0.5, 0.6) is 5.75 Å². The van der Waals surface area contributed by atoms with Gasteiger partial charge in [-0.1, -0.05) is 54.0 Å². The van der Waals surface area contributed by atoms with Crippen LogP contribution >= 0.6 is 23.2 Å². The Balaban J connectivity index is 1.71. The van der Waals surface area contributed by atoms with Crippen LogP contribution < -0.4 is 10.1 Å². The van der Waals surface area contributed by atoms with Crippen molar-refractivity contribution in [1.82, 2.24) is 9.88 Å². The average Bonchev–Trinajstić information content (AvgIpc) is 3.38. The molecular formula is C24H24Cl2N2O4. The van der Waals surface area contributed by atoms with Crippen LogP contribution in [0.2, 0.25) is 10.0 Å². The Morgan fingerprint density at radius 2 is 2.00 bits per heavy atom. The smallest absolute Gasteiger partial charge is 0.268 e. The van der Waals surface area contributed by atoms with Gasteiger partial charge < -0.3 is 24.5 Å². The largest absolute Gasteiger partial charge is 0.508 e. The molecule has 8 heteroatoms. The molecule has 168 valence electrons. The van der Waals surface area contributed by atoms with E-state index in [4.69, 9.17) is 32.7 Å². The number of benzene rings is 2. The second-order valence-corrected chi connectivity index (χ2v) is 8.58. The summed E-state index contributed by atoms with van der Waals surface area (Å²) in [6, 6.07) is 10.8. The molecule has 2 N–H and O–H groups in total. The summed E-state index contributed by atoms with van der Waals surface area (Å²) in [5.74, 6) is 0.218. The maximum absolute atomic E-state index is 13.4. The van der Waals surface area contributed by atoms with Crippen LogP contribution in [0.15, 0.2) is 43.0 Å². The van der Waals surface area contributed by atoms with Crippen molar-refractivity contribution in [2.75, 3.05) is 19.8 Å². The molecule has 1 aliphatic rings. The lowest BCUT2D eigenvalue weighted by Gasteiger charge is -2.29. The van der Waals surface area contributed by atoms with Crippen LogP contribution in [0.25, 0.3) is 16.7 Å². The van der Waals surface area contributed by atoms with Crippen LogP contribution in [-0.4, -0.2) is 35.4 Å². The number of ether oxygens (including phenoxy) is 2. The number of nitrogens with one attached hydrogen (secondary N) is 1. The van der Waals surface area contributed by atoms with E-state index in [1.54, 1.807) is 35.9 Å². The highest BCUT2D eigenvalue weighted by molar-refractivity contribution is 6.46. The SMILES string of the molecule is C=C(O)c1ccc(C2(NC(=O)c3cc4c(Cl)c(Cl)c(OCC)cc4n3C)CCOC2)cc1. The van der Waals surface area contributed by atoms with Crippen LogP contribution in [0.3, 0.4) is 0 Å². The van der Waals surface area contributed by atoms with E-state index in [-0.39, 0.29) is 11.7 Å². The van der Waals surface area contributed by atoms with Gasteiger partial charge in [-0.25, -0.2) is 0 Å². The van der Waals surface area contributed by atoms with Crippen molar-refractivity contribution in [2.24, 2.45) is 7.05 Å². The first-order valence-corrected chi connectivity index (χ1v) is 11.0. The van der Waals surface area contributed by atoms with Crippen molar-refractivity contribution in [3.8, 4) is 5.75 Å². The highest BCUT2D eigenvalue weighted by atomic mass is 35.5. The van der Waals surface area contributed by atoms with Crippen molar-refractivity contribution in [2.45, 2.75) is 18.9 Å². The molecule has 1 fully saturated rings. The first-order chi connectivity index (χ1) is 15.3. The molecule has 1 atom stereocenters. The fraction of sp³-hybridized carbons (Fsp3) is 0.292. The van der Waals surface area contributed by atoms with Gasteiger partial charge in [0.25, 0.3) is 5.91 Å². The third kappa shape index (κ3) is 3.83. The molecule has 6 nitrogen and oxygen atoms in total. The van der Waals surface area contributed by atoms with Crippen LogP contribution in [0, 0.1) is 0 Å². The number of carbonyl (C=O) groups is 1. The fourth-order valence-electron chi connectivity index (χ4n) is 4.09. The Hall–Kier alpha value is -2.67. The van der Waals surface area contributed by atoms with E-state index in [1.165, 1.54) is 0 Å². The first kappa shape index (κ1) is 22.5. The Kier molecular flexibility index (Phi) is 6.12. The van der Waals surface area contributed by atoms with Crippen molar-refractivity contribution in [3.05, 3.63) is 69.8 Å². The molecule has 0 spiro atoms. The predicted octanol–water partition coefficient (Wildman–Crippen LogP) is 5.46. The van der Waals surface area contributed by atoms with Gasteiger partial charge in [0.2, 0.25) is 0 Å². The standard InChI is InChI=1S/C24H24Cl2N2O4/c1-4-32-20-12-18-17(21(25)22(20)26)11-19(28(18)3)23(30)27-24(9-10-31-13-24)16-7-5-15(6-8-16)14(2)29/h5-8,11-12,29H,2,4,9-10,13H2,1,3H3,(H,27,30). The second kappa shape index (κ2) is 8.70. The minimum atomic E-state index is -0.680. The number of aliphatic hydroxyl groups is 1. The molecule has 0 radical (unpaired) electrons. The quantitative estimate of drug-likeness (QED) is 0.465. The zero-order valence-corrected chi connectivity index (χ0v) is 19.4. The molecule has 4 rings (SSSR count). The van der Waals surface area contributed by atoms with Gasteiger partial charge in [-0.05, 0) is 18.6 Å². The average molecular weight is 475 g/mol. The van der Waals surface area contributed by atoms with Gasteiger partial charge in [0, 0.05) is 37.1 Å². The Morgan fingerprint density at radius 3 is 2.59 bits per heavy atom. The number of nitrogens with zero attached hydrogens (tertiary/aromatic N) is 1. The number of aliphatic hydroxyl groups excluding tert-OH is 1. The van der Waals surface area contributed by atoms with Crippen molar-refractivity contribution in [1.29, 1.82) is 0 Å². The summed E-state index contributed by atoms with van der Waals surface area (Å²) in [5.41, 5.74) is 2.03. The maximum Gasteiger partial charge on any atom is 0.268 e.